The molecule has 2 rings (SSSR count). The molecule has 114 valence electrons. The highest BCUT2D eigenvalue weighted by atomic mass is 19.1. The first-order valence-electron chi connectivity index (χ1n) is 7.04. The van der Waals surface area contributed by atoms with Crippen LogP contribution in [0.4, 0.5) is 10.3 Å². The van der Waals surface area contributed by atoms with Crippen molar-refractivity contribution in [1.29, 1.82) is 0 Å². The molecule has 1 aromatic heterocycles. The number of nitrogen functional groups attached to an aromatic ring is 1. The van der Waals surface area contributed by atoms with Gasteiger partial charge in [0.05, 0.1) is 5.69 Å². The third kappa shape index (κ3) is 3.34. The minimum atomic E-state index is -0.285. The van der Waals surface area contributed by atoms with Crippen LogP contribution >= 0.6 is 0 Å². The lowest BCUT2D eigenvalue weighted by Gasteiger charge is -2.11. The summed E-state index contributed by atoms with van der Waals surface area (Å²) in [5, 5.41) is 3.88. The molecule has 1 unspecified atom stereocenters. The van der Waals surface area contributed by atoms with E-state index in [0.29, 0.717) is 11.3 Å². The second kappa shape index (κ2) is 6.89. The minimum absolute atomic E-state index is 0.0989. The van der Waals surface area contributed by atoms with E-state index in [2.05, 4.69) is 11.7 Å². The first-order valence-corrected chi connectivity index (χ1v) is 7.04. The molecule has 22 heavy (non-hydrogen) atoms. The Morgan fingerprint density at radius 1 is 1.41 bits per heavy atom. The van der Waals surface area contributed by atoms with E-state index in [1.807, 2.05) is 32.1 Å². The highest BCUT2D eigenvalue weighted by molar-refractivity contribution is 5.75. The number of nitrogens with zero attached hydrogens (tertiary/aromatic N) is 1. The zero-order valence-electron chi connectivity index (χ0n) is 12.7. The van der Waals surface area contributed by atoms with Gasteiger partial charge in [-0.15, -0.1) is 0 Å². The Morgan fingerprint density at radius 2 is 2.18 bits per heavy atom. The zero-order chi connectivity index (χ0) is 16.1. The average Bonchev–Trinajstić information content (AvgIpc) is 2.93. The molecular formula is C18H19FN2O. The minimum Gasteiger partial charge on any atom is -0.368 e. The largest absolute Gasteiger partial charge is 0.368 e. The van der Waals surface area contributed by atoms with Crippen LogP contribution in [0.2, 0.25) is 0 Å². The summed E-state index contributed by atoms with van der Waals surface area (Å²) >= 11 is 0. The van der Waals surface area contributed by atoms with E-state index in [0.717, 1.165) is 11.1 Å². The maximum absolute atomic E-state index is 14.5. The van der Waals surface area contributed by atoms with Crippen molar-refractivity contribution in [2.24, 2.45) is 0 Å². The number of benzene rings is 1. The Kier molecular flexibility index (Phi) is 4.94. The van der Waals surface area contributed by atoms with Crippen LogP contribution in [0.1, 0.15) is 36.6 Å². The Morgan fingerprint density at radius 3 is 2.73 bits per heavy atom. The van der Waals surface area contributed by atoms with Crippen molar-refractivity contribution >= 4 is 11.5 Å². The quantitative estimate of drug-likeness (QED) is 0.814. The fraction of sp³-hybridized carbons (Fsp3) is 0.167. The van der Waals surface area contributed by atoms with Crippen molar-refractivity contribution in [2.45, 2.75) is 19.8 Å². The smallest absolute Gasteiger partial charge is 0.222 e. The van der Waals surface area contributed by atoms with Crippen molar-refractivity contribution in [3.05, 3.63) is 77.8 Å². The maximum Gasteiger partial charge on any atom is 0.222 e. The van der Waals surface area contributed by atoms with Gasteiger partial charge in [-0.1, -0.05) is 55.1 Å². The third-order valence-electron chi connectivity index (χ3n) is 3.44. The van der Waals surface area contributed by atoms with Crippen LogP contribution in [-0.2, 0) is 0 Å². The zero-order valence-corrected chi connectivity index (χ0v) is 12.7. The number of hydrogen-bond donors (Lipinski definition) is 1. The standard InChI is InChI=1S/C18H19FN2O/c1-4-6-13(7-5-2)15-9-8-14(10-16(15)19)12(3)17-11-18(20)22-21-17/h4-12H,1,20H2,2-3H3/b7-5-,13-6+. The molecule has 0 aliphatic carbocycles. The van der Waals surface area contributed by atoms with Crippen LogP contribution in [0.15, 0.2) is 59.7 Å². The molecule has 2 aromatic rings. The number of hydrogen-bond acceptors (Lipinski definition) is 3. The molecular weight excluding hydrogens is 279 g/mol. The monoisotopic (exact) mass is 298 g/mol. The fourth-order valence-corrected chi connectivity index (χ4v) is 2.26. The van der Waals surface area contributed by atoms with Gasteiger partial charge in [0, 0.05) is 17.5 Å². The molecule has 1 heterocycles. The molecule has 2 N–H and O–H groups in total. The molecule has 1 atom stereocenters. The highest BCUT2D eigenvalue weighted by Crippen LogP contribution is 2.28. The van der Waals surface area contributed by atoms with E-state index in [4.69, 9.17) is 10.3 Å². The first kappa shape index (κ1) is 15.8. The van der Waals surface area contributed by atoms with Gasteiger partial charge in [-0.25, -0.2) is 4.39 Å². The summed E-state index contributed by atoms with van der Waals surface area (Å²) in [6, 6.07) is 6.82. The summed E-state index contributed by atoms with van der Waals surface area (Å²) < 4.78 is 19.3. The van der Waals surface area contributed by atoms with Gasteiger partial charge in [-0.3, -0.25) is 0 Å². The molecule has 0 fully saturated rings. The van der Waals surface area contributed by atoms with Crippen LogP contribution < -0.4 is 5.73 Å². The normalized spacial score (nSPS) is 13.5. The van der Waals surface area contributed by atoms with Gasteiger partial charge >= 0.3 is 0 Å². The second-order valence-electron chi connectivity index (χ2n) is 4.97. The molecule has 0 aliphatic heterocycles. The second-order valence-corrected chi connectivity index (χ2v) is 4.97. The summed E-state index contributed by atoms with van der Waals surface area (Å²) in [5.41, 5.74) is 8.33. The number of aromatic nitrogens is 1. The molecule has 0 saturated carbocycles. The van der Waals surface area contributed by atoms with Crippen molar-refractivity contribution in [3.63, 3.8) is 0 Å². The summed E-state index contributed by atoms with van der Waals surface area (Å²) in [7, 11) is 0. The number of rotatable bonds is 5. The van der Waals surface area contributed by atoms with E-state index in [-0.39, 0.29) is 17.6 Å². The molecule has 4 heteroatoms. The van der Waals surface area contributed by atoms with Gasteiger partial charge < -0.3 is 10.3 Å². The number of allylic oxidation sites excluding steroid dienone is 5. The maximum atomic E-state index is 14.5. The van der Waals surface area contributed by atoms with Crippen LogP contribution in [-0.4, -0.2) is 5.16 Å². The van der Waals surface area contributed by atoms with E-state index >= 15 is 0 Å². The van der Waals surface area contributed by atoms with Gasteiger partial charge in [0.1, 0.15) is 5.82 Å². The fourth-order valence-electron chi connectivity index (χ4n) is 2.26. The van der Waals surface area contributed by atoms with E-state index < -0.39 is 0 Å². The highest BCUT2D eigenvalue weighted by Gasteiger charge is 2.15. The lowest BCUT2D eigenvalue weighted by molar-refractivity contribution is 0.425. The van der Waals surface area contributed by atoms with Crippen LogP contribution in [0.3, 0.4) is 0 Å². The molecule has 0 amide bonds. The van der Waals surface area contributed by atoms with Crippen molar-refractivity contribution < 1.29 is 8.91 Å². The van der Waals surface area contributed by atoms with Crippen LogP contribution in [0, 0.1) is 5.82 Å². The Labute approximate surface area is 129 Å². The van der Waals surface area contributed by atoms with Gasteiger partial charge in [-0.05, 0) is 24.1 Å². The Bertz CT molecular complexity index is 728. The summed E-state index contributed by atoms with van der Waals surface area (Å²) in [4.78, 5) is 0. The van der Waals surface area contributed by atoms with E-state index in [1.54, 1.807) is 24.3 Å². The molecule has 0 radical (unpaired) electrons. The Hall–Kier alpha value is -2.62. The van der Waals surface area contributed by atoms with Crippen molar-refractivity contribution in [1.82, 2.24) is 5.16 Å². The molecule has 3 nitrogen and oxygen atoms in total. The molecule has 0 bridgehead atoms. The van der Waals surface area contributed by atoms with Crippen molar-refractivity contribution in [3.8, 4) is 0 Å². The van der Waals surface area contributed by atoms with Crippen molar-refractivity contribution in [2.75, 3.05) is 5.73 Å². The van der Waals surface area contributed by atoms with Crippen LogP contribution in [0.5, 0.6) is 0 Å². The average molecular weight is 298 g/mol. The first-order chi connectivity index (χ1) is 10.6. The van der Waals surface area contributed by atoms with Gasteiger partial charge in [0.2, 0.25) is 5.88 Å². The van der Waals surface area contributed by atoms with Gasteiger partial charge in [0.25, 0.3) is 0 Å². The lowest BCUT2D eigenvalue weighted by atomic mass is 9.94. The van der Waals surface area contributed by atoms with E-state index in [1.165, 1.54) is 6.07 Å². The number of halogens is 1. The molecule has 0 saturated heterocycles. The molecule has 1 aromatic carbocycles. The van der Waals surface area contributed by atoms with Crippen LogP contribution in [0.25, 0.3) is 5.57 Å². The summed E-state index contributed by atoms with van der Waals surface area (Å²) in [6.45, 7) is 7.48. The van der Waals surface area contributed by atoms with Gasteiger partial charge in [-0.2, -0.15) is 0 Å². The number of anilines is 1. The SMILES string of the molecule is C=C/C=C(\C=C/C)c1ccc(C(C)c2cc(N)on2)cc1F. The Balaban J connectivity index is 2.37. The predicted molar refractivity (Wildman–Crippen MR) is 87.8 cm³/mol. The number of nitrogens with two attached hydrogens (primary N) is 1. The summed E-state index contributed by atoms with van der Waals surface area (Å²) in [6.07, 6.45) is 7.13. The lowest BCUT2D eigenvalue weighted by Crippen LogP contribution is -1.99. The third-order valence-corrected chi connectivity index (χ3v) is 3.44. The summed E-state index contributed by atoms with van der Waals surface area (Å²) in [5.74, 6) is -0.131. The predicted octanol–water partition coefficient (Wildman–Crippen LogP) is 4.69. The van der Waals surface area contributed by atoms with E-state index in [9.17, 15) is 4.39 Å². The topological polar surface area (TPSA) is 52.0 Å². The molecule has 0 spiro atoms. The molecule has 0 aliphatic rings. The van der Waals surface area contributed by atoms with Gasteiger partial charge in [0.15, 0.2) is 0 Å².